The van der Waals surface area contributed by atoms with Crippen molar-refractivity contribution in [2.24, 2.45) is 0 Å². The zero-order chi connectivity index (χ0) is 21.6. The molecule has 4 rings (SSSR count). The summed E-state index contributed by atoms with van der Waals surface area (Å²) in [6.45, 7) is -0.629. The number of ether oxygens (including phenoxy) is 1. The Morgan fingerprint density at radius 3 is 2.23 bits per heavy atom. The summed E-state index contributed by atoms with van der Waals surface area (Å²) < 4.78 is 5.04. The van der Waals surface area contributed by atoms with Crippen LogP contribution >= 0.6 is 0 Å². The van der Waals surface area contributed by atoms with Crippen molar-refractivity contribution in [3.05, 3.63) is 95.1 Å². The molecular formula is C26H23NO4. The first-order valence-electron chi connectivity index (χ1n) is 10.3. The van der Waals surface area contributed by atoms with E-state index in [1.54, 1.807) is 18.2 Å². The molecule has 31 heavy (non-hydrogen) atoms. The first-order valence-corrected chi connectivity index (χ1v) is 10.3. The molecule has 0 heterocycles. The van der Waals surface area contributed by atoms with E-state index in [0.29, 0.717) is 11.1 Å². The highest BCUT2D eigenvalue weighted by Crippen LogP contribution is 2.23. The lowest BCUT2D eigenvalue weighted by atomic mass is 10.0. The normalized spacial score (nSPS) is 12.1. The molecule has 0 spiro atoms. The monoisotopic (exact) mass is 413 g/mol. The minimum absolute atomic E-state index is 0.245. The maximum Gasteiger partial charge on any atom is 0.325 e. The molecule has 0 fully saturated rings. The van der Waals surface area contributed by atoms with Crippen molar-refractivity contribution in [3.63, 3.8) is 0 Å². The van der Waals surface area contributed by atoms with E-state index < -0.39 is 5.97 Å². The van der Waals surface area contributed by atoms with E-state index in [-0.39, 0.29) is 24.8 Å². The molecule has 1 amide bonds. The maximum atomic E-state index is 12.3. The molecule has 5 heteroatoms. The Labute approximate surface area is 181 Å². The number of benzene rings is 3. The van der Waals surface area contributed by atoms with Crippen molar-refractivity contribution in [1.29, 1.82) is 0 Å². The van der Waals surface area contributed by atoms with Crippen LogP contribution in [0.15, 0.2) is 72.8 Å². The van der Waals surface area contributed by atoms with E-state index in [9.17, 15) is 14.4 Å². The fraction of sp³-hybridized carbons (Fsp3) is 0.192. The number of aryl methyl sites for hydroxylation is 2. The number of hydrogen-bond donors (Lipinski definition) is 1. The van der Waals surface area contributed by atoms with Crippen LogP contribution in [0.2, 0.25) is 0 Å². The number of carbonyl (C=O) groups excluding carboxylic acids is 3. The van der Waals surface area contributed by atoms with Crippen molar-refractivity contribution < 1.29 is 19.1 Å². The lowest BCUT2D eigenvalue weighted by molar-refractivity contribution is -0.141. The van der Waals surface area contributed by atoms with E-state index in [1.165, 1.54) is 11.1 Å². The van der Waals surface area contributed by atoms with Crippen molar-refractivity contribution in [2.45, 2.75) is 19.3 Å². The number of esters is 1. The van der Waals surface area contributed by atoms with Crippen LogP contribution in [0, 0.1) is 0 Å². The van der Waals surface area contributed by atoms with E-state index >= 15 is 0 Å². The fourth-order valence-corrected chi connectivity index (χ4v) is 3.72. The zero-order valence-electron chi connectivity index (χ0n) is 17.1. The quantitative estimate of drug-likeness (QED) is 0.469. The topological polar surface area (TPSA) is 72.5 Å². The van der Waals surface area contributed by atoms with Gasteiger partial charge in [0.05, 0.1) is 0 Å². The lowest BCUT2D eigenvalue weighted by Crippen LogP contribution is -2.31. The number of amides is 1. The molecule has 3 aromatic rings. The molecule has 0 saturated carbocycles. The largest absolute Gasteiger partial charge is 0.456 e. The molecule has 0 radical (unpaired) electrons. The first-order chi connectivity index (χ1) is 15.1. The van der Waals surface area contributed by atoms with Crippen molar-refractivity contribution in [1.82, 2.24) is 5.32 Å². The Morgan fingerprint density at radius 2 is 1.45 bits per heavy atom. The van der Waals surface area contributed by atoms with Gasteiger partial charge in [-0.15, -0.1) is 0 Å². The van der Waals surface area contributed by atoms with Gasteiger partial charge in [-0.2, -0.15) is 0 Å². The minimum Gasteiger partial charge on any atom is -0.456 e. The number of carbonyl (C=O) groups is 3. The average Bonchev–Trinajstić information content (AvgIpc) is 3.29. The second-order valence-corrected chi connectivity index (χ2v) is 7.55. The van der Waals surface area contributed by atoms with Crippen LogP contribution < -0.4 is 5.32 Å². The second kappa shape index (κ2) is 9.39. The van der Waals surface area contributed by atoms with Gasteiger partial charge in [-0.05, 0) is 59.7 Å². The summed E-state index contributed by atoms with van der Waals surface area (Å²) >= 11 is 0. The Kier molecular flexibility index (Phi) is 6.22. The van der Waals surface area contributed by atoms with Gasteiger partial charge >= 0.3 is 5.97 Å². The highest BCUT2D eigenvalue weighted by Gasteiger charge is 2.16. The van der Waals surface area contributed by atoms with Gasteiger partial charge in [-0.1, -0.05) is 54.6 Å². The number of ketones is 1. The van der Waals surface area contributed by atoms with Gasteiger partial charge in [0.15, 0.2) is 12.4 Å². The number of Topliss-reactive ketones (excluding diaryl/α,β-unsaturated/α-hetero) is 1. The molecule has 3 aromatic carbocycles. The Morgan fingerprint density at radius 1 is 0.774 bits per heavy atom. The molecule has 0 saturated heterocycles. The predicted octanol–water partition coefficient (Wildman–Crippen LogP) is 4.00. The molecule has 1 N–H and O–H groups in total. The van der Waals surface area contributed by atoms with Crippen LogP contribution in [-0.4, -0.2) is 30.8 Å². The predicted molar refractivity (Wildman–Crippen MR) is 118 cm³/mol. The van der Waals surface area contributed by atoms with Crippen LogP contribution in [0.1, 0.15) is 38.3 Å². The van der Waals surface area contributed by atoms with Gasteiger partial charge in [-0.3, -0.25) is 14.4 Å². The Balaban J connectivity index is 1.25. The lowest BCUT2D eigenvalue weighted by Gasteiger charge is -2.08. The average molecular weight is 413 g/mol. The summed E-state index contributed by atoms with van der Waals surface area (Å²) in [6, 6.07) is 22.6. The van der Waals surface area contributed by atoms with Crippen LogP contribution in [-0.2, 0) is 22.4 Å². The van der Waals surface area contributed by atoms with E-state index in [2.05, 4.69) is 5.32 Å². The summed E-state index contributed by atoms with van der Waals surface area (Å²) in [4.78, 5) is 36.5. The summed E-state index contributed by atoms with van der Waals surface area (Å²) in [5.74, 6) is -1.27. The molecule has 1 aliphatic rings. The summed E-state index contributed by atoms with van der Waals surface area (Å²) in [6.07, 6.45) is 3.14. The van der Waals surface area contributed by atoms with Gasteiger partial charge in [0.25, 0.3) is 5.91 Å². The fourth-order valence-electron chi connectivity index (χ4n) is 3.72. The van der Waals surface area contributed by atoms with E-state index in [4.69, 9.17) is 4.74 Å². The second-order valence-electron chi connectivity index (χ2n) is 7.55. The molecular weight excluding hydrogens is 390 g/mol. The third kappa shape index (κ3) is 5.07. The SMILES string of the molecule is O=C(CNC(=O)c1ccc(-c2ccccc2)cc1)OCC(=O)c1ccc2c(c1)CCC2. The highest BCUT2D eigenvalue weighted by molar-refractivity contribution is 5.99. The van der Waals surface area contributed by atoms with Gasteiger partial charge in [0.1, 0.15) is 6.54 Å². The van der Waals surface area contributed by atoms with E-state index in [1.807, 2.05) is 54.6 Å². The number of rotatable bonds is 7. The Hall–Kier alpha value is -3.73. The van der Waals surface area contributed by atoms with Crippen molar-refractivity contribution >= 4 is 17.7 Å². The smallest absolute Gasteiger partial charge is 0.325 e. The molecule has 0 bridgehead atoms. The zero-order valence-corrected chi connectivity index (χ0v) is 17.1. The Bertz CT molecular complexity index is 1100. The third-order valence-electron chi connectivity index (χ3n) is 5.43. The van der Waals surface area contributed by atoms with Gasteiger partial charge in [-0.25, -0.2) is 0 Å². The number of hydrogen-bond acceptors (Lipinski definition) is 4. The maximum absolute atomic E-state index is 12.3. The summed E-state index contributed by atoms with van der Waals surface area (Å²) in [5.41, 5.74) is 5.54. The standard InChI is InChI=1S/C26H23NO4/c28-24(23-14-11-19-7-4-8-22(19)15-23)17-31-25(29)16-27-26(30)21-12-9-20(10-13-21)18-5-2-1-3-6-18/h1-3,5-6,9-15H,4,7-8,16-17H2,(H,27,30). The van der Waals surface area contributed by atoms with Gasteiger partial charge in [0, 0.05) is 11.1 Å². The molecule has 1 aliphatic carbocycles. The third-order valence-corrected chi connectivity index (χ3v) is 5.43. The molecule has 0 aromatic heterocycles. The van der Waals surface area contributed by atoms with Crippen LogP contribution in [0.3, 0.4) is 0 Å². The van der Waals surface area contributed by atoms with Crippen LogP contribution in [0.25, 0.3) is 11.1 Å². The summed E-state index contributed by atoms with van der Waals surface area (Å²) in [7, 11) is 0. The van der Waals surface area contributed by atoms with Gasteiger partial charge in [0.2, 0.25) is 0 Å². The van der Waals surface area contributed by atoms with Crippen LogP contribution in [0.5, 0.6) is 0 Å². The molecule has 156 valence electrons. The first kappa shape index (κ1) is 20.5. The van der Waals surface area contributed by atoms with Gasteiger partial charge < -0.3 is 10.1 Å². The minimum atomic E-state index is -0.649. The molecule has 0 unspecified atom stereocenters. The van der Waals surface area contributed by atoms with Crippen molar-refractivity contribution in [3.8, 4) is 11.1 Å². The molecule has 0 aliphatic heterocycles. The summed E-state index contributed by atoms with van der Waals surface area (Å²) in [5, 5.41) is 2.53. The highest BCUT2D eigenvalue weighted by atomic mass is 16.5. The number of fused-ring (bicyclic) bond motifs is 1. The molecule has 0 atom stereocenters. The number of nitrogens with one attached hydrogen (secondary N) is 1. The molecule has 5 nitrogen and oxygen atoms in total. The van der Waals surface area contributed by atoms with Crippen LogP contribution in [0.4, 0.5) is 0 Å². The van der Waals surface area contributed by atoms with Crippen molar-refractivity contribution in [2.75, 3.05) is 13.2 Å². The van der Waals surface area contributed by atoms with E-state index in [0.717, 1.165) is 30.4 Å².